The number of carbonyl (C=O) groups excluding carboxylic acids is 1. The highest BCUT2D eigenvalue weighted by atomic mass is 32.2. The topological polar surface area (TPSA) is 90.0 Å². The molecule has 1 unspecified atom stereocenters. The van der Waals surface area contributed by atoms with Crippen molar-refractivity contribution in [3.05, 3.63) is 120 Å². The Labute approximate surface area is 243 Å². The number of rotatable bonds is 6. The lowest BCUT2D eigenvalue weighted by Gasteiger charge is -2.35. The molecule has 5 rings (SSSR count). The smallest absolute Gasteiger partial charge is 0.322 e. The van der Waals surface area contributed by atoms with Gasteiger partial charge in [-0.3, -0.25) is 9.45 Å². The lowest BCUT2D eigenvalue weighted by Crippen LogP contribution is -2.47. The minimum Gasteiger partial charge on any atom is -0.334 e. The monoisotopic (exact) mass is 571 g/mol. The Morgan fingerprint density at radius 2 is 1.49 bits per heavy atom. The van der Waals surface area contributed by atoms with Gasteiger partial charge in [0.25, 0.3) is 10.1 Å². The molecule has 2 amide bonds. The summed E-state index contributed by atoms with van der Waals surface area (Å²) < 4.78 is 29.6. The van der Waals surface area contributed by atoms with Crippen LogP contribution >= 0.6 is 0 Å². The van der Waals surface area contributed by atoms with Crippen molar-refractivity contribution < 1.29 is 17.8 Å². The number of para-hydroxylation sites is 1. The predicted molar refractivity (Wildman–Crippen MR) is 165 cm³/mol. The molecule has 0 saturated carbocycles. The van der Waals surface area contributed by atoms with E-state index in [9.17, 15) is 13.2 Å². The second kappa shape index (κ2) is 13.6. The Balaban J connectivity index is 0.000000296. The fourth-order valence-corrected chi connectivity index (χ4v) is 5.42. The van der Waals surface area contributed by atoms with E-state index in [1.54, 1.807) is 12.1 Å². The van der Waals surface area contributed by atoms with E-state index in [1.165, 1.54) is 28.8 Å². The number of carbonyl (C=O) groups is 1. The molecule has 2 N–H and O–H groups in total. The molecule has 0 aliphatic carbocycles. The van der Waals surface area contributed by atoms with E-state index in [0.29, 0.717) is 12.5 Å². The number of urea groups is 1. The number of aryl methyl sites for hydroxylation is 1. The maximum atomic E-state index is 13.1. The van der Waals surface area contributed by atoms with Crippen LogP contribution in [-0.2, 0) is 23.1 Å². The third-order valence-electron chi connectivity index (χ3n) is 6.92. The number of fused-ring (bicyclic) bond motifs is 1. The van der Waals surface area contributed by atoms with E-state index in [0.717, 1.165) is 36.3 Å². The Morgan fingerprint density at radius 1 is 0.878 bits per heavy atom. The highest BCUT2D eigenvalue weighted by Crippen LogP contribution is 2.30. The van der Waals surface area contributed by atoms with Gasteiger partial charge in [0.15, 0.2) is 0 Å². The molecule has 4 aromatic carbocycles. The maximum Gasteiger partial charge on any atom is 0.322 e. The van der Waals surface area contributed by atoms with Crippen LogP contribution in [0.25, 0.3) is 11.1 Å². The molecule has 1 heterocycles. The van der Waals surface area contributed by atoms with Gasteiger partial charge in [-0.15, -0.1) is 0 Å². The molecule has 0 aromatic heterocycles. The molecule has 1 atom stereocenters. The minimum absolute atomic E-state index is 0.0296. The molecule has 0 spiro atoms. The van der Waals surface area contributed by atoms with Gasteiger partial charge in [-0.2, -0.15) is 8.42 Å². The summed E-state index contributed by atoms with van der Waals surface area (Å²) in [5.41, 5.74) is 6.71. The molecule has 0 bridgehead atoms. The van der Waals surface area contributed by atoms with Crippen molar-refractivity contribution in [1.29, 1.82) is 0 Å². The van der Waals surface area contributed by atoms with Gasteiger partial charge in [0, 0.05) is 25.3 Å². The zero-order chi connectivity index (χ0) is 29.4. The summed E-state index contributed by atoms with van der Waals surface area (Å²) in [6.45, 7) is 4.08. The van der Waals surface area contributed by atoms with Crippen LogP contribution < -0.4 is 10.2 Å². The number of anilines is 1. The molecule has 4 aromatic rings. The summed E-state index contributed by atoms with van der Waals surface area (Å²) >= 11 is 0. The van der Waals surface area contributed by atoms with Gasteiger partial charge in [-0.05, 0) is 73.8 Å². The first-order valence-corrected chi connectivity index (χ1v) is 15.0. The molecule has 7 nitrogen and oxygen atoms in total. The quantitative estimate of drug-likeness (QED) is 0.275. The Kier molecular flexibility index (Phi) is 9.94. The first kappa shape index (κ1) is 30.0. The zero-order valence-electron chi connectivity index (χ0n) is 23.7. The molecule has 0 fully saturated rings. The maximum absolute atomic E-state index is 13.1. The van der Waals surface area contributed by atoms with Crippen LogP contribution in [0.5, 0.6) is 0 Å². The molecule has 214 valence electrons. The van der Waals surface area contributed by atoms with Crippen LogP contribution in [0.15, 0.2) is 108 Å². The fraction of sp³-hybridized carbons (Fsp3) is 0.242. The lowest BCUT2D eigenvalue weighted by molar-refractivity contribution is 0.241. The molecular formula is C33H37N3O4S. The first-order valence-electron chi connectivity index (χ1n) is 13.6. The average Bonchev–Trinajstić information content (AvgIpc) is 2.96. The number of nitrogens with one attached hydrogen (secondary N) is 1. The van der Waals surface area contributed by atoms with E-state index >= 15 is 0 Å². The molecule has 8 heteroatoms. The van der Waals surface area contributed by atoms with Crippen molar-refractivity contribution >= 4 is 21.8 Å². The van der Waals surface area contributed by atoms with E-state index in [4.69, 9.17) is 4.55 Å². The number of hydrogen-bond acceptors (Lipinski definition) is 4. The van der Waals surface area contributed by atoms with Gasteiger partial charge in [0.05, 0.1) is 4.90 Å². The third-order valence-corrected chi connectivity index (χ3v) is 7.79. The van der Waals surface area contributed by atoms with Crippen molar-refractivity contribution in [2.45, 2.75) is 24.8 Å². The van der Waals surface area contributed by atoms with E-state index < -0.39 is 10.1 Å². The van der Waals surface area contributed by atoms with E-state index in [2.05, 4.69) is 78.9 Å². The number of amides is 2. The van der Waals surface area contributed by atoms with Crippen LogP contribution in [0.1, 0.15) is 16.7 Å². The highest BCUT2D eigenvalue weighted by Gasteiger charge is 2.28. The van der Waals surface area contributed by atoms with Crippen molar-refractivity contribution in [2.75, 3.05) is 32.1 Å². The van der Waals surface area contributed by atoms with Gasteiger partial charge >= 0.3 is 6.03 Å². The zero-order valence-corrected chi connectivity index (χ0v) is 24.5. The van der Waals surface area contributed by atoms with Crippen molar-refractivity contribution in [3.8, 4) is 11.1 Å². The Hall–Kier alpha value is -3.98. The normalized spacial score (nSPS) is 14.6. The minimum atomic E-state index is -4.02. The summed E-state index contributed by atoms with van der Waals surface area (Å²) in [5.74, 6) is 0.436. The van der Waals surface area contributed by atoms with Crippen LogP contribution in [0.3, 0.4) is 0 Å². The largest absolute Gasteiger partial charge is 0.334 e. The second-order valence-corrected chi connectivity index (χ2v) is 12.0. The summed E-state index contributed by atoms with van der Waals surface area (Å²) in [6, 6.07) is 32.9. The fourth-order valence-electron chi connectivity index (χ4n) is 4.94. The van der Waals surface area contributed by atoms with Crippen molar-refractivity contribution in [2.24, 2.45) is 5.92 Å². The average molecular weight is 572 g/mol. The summed E-state index contributed by atoms with van der Waals surface area (Å²) in [4.78, 5) is 17.1. The summed E-state index contributed by atoms with van der Waals surface area (Å²) in [6.07, 6.45) is 1.01. The van der Waals surface area contributed by atoms with Crippen LogP contribution in [0.2, 0.25) is 0 Å². The SMILES string of the molecule is CN(C)CC1Cc2ccccc2N(C(=O)NCc2ccc(-c3ccccc3)cc2)C1.Cc1ccc(S(=O)(=O)O)cc1. The standard InChI is InChI=1S/C26H29N3O.C7H8O3S/c1-28(2)18-21-16-24-10-6-7-11-25(24)29(19-21)26(30)27-17-20-12-14-23(15-13-20)22-8-4-3-5-9-22;1-6-2-4-7(5-3-6)11(8,9)10/h3-15,21H,16-19H2,1-2H3,(H,27,30);2-5H,1H3,(H,8,9,10). The van der Waals surface area contributed by atoms with Gasteiger partial charge < -0.3 is 10.2 Å². The van der Waals surface area contributed by atoms with Crippen molar-refractivity contribution in [3.63, 3.8) is 0 Å². The van der Waals surface area contributed by atoms with Crippen LogP contribution in [-0.4, -0.2) is 51.1 Å². The van der Waals surface area contributed by atoms with Crippen LogP contribution in [0, 0.1) is 12.8 Å². The van der Waals surface area contributed by atoms with E-state index in [1.807, 2.05) is 36.1 Å². The van der Waals surface area contributed by atoms with Gasteiger partial charge in [-0.25, -0.2) is 4.79 Å². The number of benzene rings is 4. The lowest BCUT2D eigenvalue weighted by atomic mass is 9.92. The van der Waals surface area contributed by atoms with E-state index in [-0.39, 0.29) is 10.9 Å². The van der Waals surface area contributed by atoms with Crippen molar-refractivity contribution in [1.82, 2.24) is 10.2 Å². The molecule has 0 radical (unpaired) electrons. The molecule has 0 saturated heterocycles. The number of nitrogens with zero attached hydrogens (tertiary/aromatic N) is 2. The Bertz CT molecular complexity index is 1540. The van der Waals surface area contributed by atoms with Crippen LogP contribution in [0.4, 0.5) is 10.5 Å². The molecule has 1 aliphatic heterocycles. The van der Waals surface area contributed by atoms with Gasteiger partial charge in [-0.1, -0.05) is 90.5 Å². The van der Waals surface area contributed by atoms with Gasteiger partial charge in [0.1, 0.15) is 0 Å². The predicted octanol–water partition coefficient (Wildman–Crippen LogP) is 6.05. The highest BCUT2D eigenvalue weighted by molar-refractivity contribution is 7.85. The molecule has 41 heavy (non-hydrogen) atoms. The molecule has 1 aliphatic rings. The number of hydrogen-bond donors (Lipinski definition) is 2. The summed E-state index contributed by atoms with van der Waals surface area (Å²) in [7, 11) is 0.155. The summed E-state index contributed by atoms with van der Waals surface area (Å²) in [5, 5.41) is 3.12. The molecular weight excluding hydrogens is 534 g/mol. The van der Waals surface area contributed by atoms with Gasteiger partial charge in [0.2, 0.25) is 0 Å². The Morgan fingerprint density at radius 3 is 2.12 bits per heavy atom. The third kappa shape index (κ3) is 8.50. The first-order chi connectivity index (χ1) is 19.6. The second-order valence-electron chi connectivity index (χ2n) is 10.6.